The van der Waals surface area contributed by atoms with Crippen LogP contribution in [0.1, 0.15) is 55.4 Å². The average Bonchev–Trinajstić information content (AvgIpc) is 2.58. The fourth-order valence-electron chi connectivity index (χ4n) is 2.76. The van der Waals surface area contributed by atoms with Crippen molar-refractivity contribution >= 4 is 6.08 Å². The van der Waals surface area contributed by atoms with Crippen molar-refractivity contribution in [2.45, 2.75) is 52.4 Å². The monoisotopic (exact) mass is 328 g/mol. The second kappa shape index (κ2) is 9.36. The van der Waals surface area contributed by atoms with E-state index in [0.29, 0.717) is 12.8 Å². The van der Waals surface area contributed by atoms with Gasteiger partial charge in [0, 0.05) is 5.56 Å². The van der Waals surface area contributed by atoms with Gasteiger partial charge >= 0.3 is 0 Å². The third-order valence-corrected chi connectivity index (χ3v) is 4.15. The number of rotatable bonds is 8. The Labute approximate surface area is 144 Å². The van der Waals surface area contributed by atoms with Crippen molar-refractivity contribution < 1.29 is 8.78 Å². The molecule has 0 aliphatic heterocycles. The molecule has 0 nitrogen and oxygen atoms in total. The Bertz CT molecular complexity index is 646. The Morgan fingerprint density at radius 2 is 1.42 bits per heavy atom. The van der Waals surface area contributed by atoms with E-state index in [2.05, 4.69) is 43.3 Å². The SMILES string of the molecule is CCC/C=C/c1ccc(CCc2cc(F)c(CCC)c(F)c2)cc1. The van der Waals surface area contributed by atoms with Gasteiger partial charge in [-0.1, -0.05) is 63.1 Å². The van der Waals surface area contributed by atoms with Crippen molar-refractivity contribution in [3.63, 3.8) is 0 Å². The largest absolute Gasteiger partial charge is 0.207 e. The van der Waals surface area contributed by atoms with E-state index in [1.54, 1.807) is 0 Å². The van der Waals surface area contributed by atoms with Gasteiger partial charge in [-0.15, -0.1) is 0 Å². The van der Waals surface area contributed by atoms with E-state index in [9.17, 15) is 8.78 Å². The van der Waals surface area contributed by atoms with Crippen LogP contribution < -0.4 is 0 Å². The third-order valence-electron chi connectivity index (χ3n) is 4.15. The summed E-state index contributed by atoms with van der Waals surface area (Å²) in [6, 6.07) is 11.3. The van der Waals surface area contributed by atoms with Crippen molar-refractivity contribution in [3.05, 3.63) is 76.4 Å². The first kappa shape index (κ1) is 18.4. The van der Waals surface area contributed by atoms with Gasteiger partial charge in [-0.2, -0.15) is 0 Å². The van der Waals surface area contributed by atoms with Crippen LogP contribution in [-0.2, 0) is 19.3 Å². The van der Waals surface area contributed by atoms with Gasteiger partial charge in [-0.25, -0.2) is 8.78 Å². The van der Waals surface area contributed by atoms with Gasteiger partial charge in [0.1, 0.15) is 11.6 Å². The minimum atomic E-state index is -0.414. The molecule has 2 aromatic carbocycles. The molecule has 0 radical (unpaired) electrons. The van der Waals surface area contributed by atoms with Gasteiger partial charge < -0.3 is 0 Å². The van der Waals surface area contributed by atoms with E-state index in [0.717, 1.165) is 31.2 Å². The summed E-state index contributed by atoms with van der Waals surface area (Å²) in [6.45, 7) is 4.09. The van der Waals surface area contributed by atoms with Crippen molar-refractivity contribution in [2.75, 3.05) is 0 Å². The number of hydrogen-bond acceptors (Lipinski definition) is 0. The molecule has 0 unspecified atom stereocenters. The van der Waals surface area contributed by atoms with Gasteiger partial charge in [0.15, 0.2) is 0 Å². The van der Waals surface area contributed by atoms with E-state index < -0.39 is 11.6 Å². The van der Waals surface area contributed by atoms with Crippen molar-refractivity contribution in [1.82, 2.24) is 0 Å². The van der Waals surface area contributed by atoms with Gasteiger partial charge in [0.25, 0.3) is 0 Å². The van der Waals surface area contributed by atoms with Gasteiger partial charge in [-0.05, 0) is 54.5 Å². The van der Waals surface area contributed by atoms with Crippen LogP contribution in [-0.4, -0.2) is 0 Å². The first-order valence-corrected chi connectivity index (χ1v) is 8.86. The smallest absolute Gasteiger partial charge is 0.129 e. The van der Waals surface area contributed by atoms with E-state index in [4.69, 9.17) is 0 Å². The van der Waals surface area contributed by atoms with Crippen LogP contribution in [0.5, 0.6) is 0 Å². The zero-order valence-corrected chi connectivity index (χ0v) is 14.6. The predicted molar refractivity (Wildman–Crippen MR) is 98.1 cm³/mol. The molecule has 0 bridgehead atoms. The number of allylic oxidation sites excluding steroid dienone is 1. The molecule has 2 heteroatoms. The number of benzene rings is 2. The molecule has 0 aromatic heterocycles. The summed E-state index contributed by atoms with van der Waals surface area (Å²) in [5.41, 5.74) is 3.30. The Morgan fingerprint density at radius 3 is 2.00 bits per heavy atom. The van der Waals surface area contributed by atoms with Crippen LogP contribution in [0.3, 0.4) is 0 Å². The van der Waals surface area contributed by atoms with Crippen molar-refractivity contribution in [3.8, 4) is 0 Å². The highest BCUT2D eigenvalue weighted by atomic mass is 19.1. The lowest BCUT2D eigenvalue weighted by atomic mass is 10.00. The number of aryl methyl sites for hydroxylation is 2. The van der Waals surface area contributed by atoms with Crippen LogP contribution in [0.4, 0.5) is 8.78 Å². The van der Waals surface area contributed by atoms with Crippen molar-refractivity contribution in [2.24, 2.45) is 0 Å². The summed E-state index contributed by atoms with van der Waals surface area (Å²) < 4.78 is 28.0. The second-order valence-electron chi connectivity index (χ2n) is 6.22. The maximum absolute atomic E-state index is 14.0. The lowest BCUT2D eigenvalue weighted by Crippen LogP contribution is -2.00. The number of halogens is 2. The maximum Gasteiger partial charge on any atom is 0.129 e. The Kier molecular flexibility index (Phi) is 7.17. The summed E-state index contributed by atoms with van der Waals surface area (Å²) in [4.78, 5) is 0. The van der Waals surface area contributed by atoms with Gasteiger partial charge in [0.2, 0.25) is 0 Å². The van der Waals surface area contributed by atoms with E-state index in [1.807, 2.05) is 6.92 Å². The molecule has 128 valence electrons. The highest BCUT2D eigenvalue weighted by molar-refractivity contribution is 5.49. The number of unbranched alkanes of at least 4 members (excludes halogenated alkanes) is 1. The Morgan fingerprint density at radius 1 is 0.792 bits per heavy atom. The van der Waals surface area contributed by atoms with E-state index >= 15 is 0 Å². The predicted octanol–water partition coefficient (Wildman–Crippen LogP) is 6.52. The van der Waals surface area contributed by atoms with Crippen molar-refractivity contribution in [1.29, 1.82) is 0 Å². The van der Waals surface area contributed by atoms with Crippen LogP contribution in [0.15, 0.2) is 42.5 Å². The molecule has 0 heterocycles. The molecule has 0 amide bonds. The van der Waals surface area contributed by atoms with E-state index in [1.165, 1.54) is 23.3 Å². The Balaban J connectivity index is 1.98. The summed E-state index contributed by atoms with van der Waals surface area (Å²) in [5, 5.41) is 0. The lowest BCUT2D eigenvalue weighted by Gasteiger charge is -2.08. The molecule has 0 atom stereocenters. The van der Waals surface area contributed by atoms with E-state index in [-0.39, 0.29) is 5.56 Å². The molecular weight excluding hydrogens is 302 g/mol. The van der Waals surface area contributed by atoms with Gasteiger partial charge in [-0.3, -0.25) is 0 Å². The highest BCUT2D eigenvalue weighted by Gasteiger charge is 2.10. The second-order valence-corrected chi connectivity index (χ2v) is 6.22. The Hall–Kier alpha value is -1.96. The number of hydrogen-bond donors (Lipinski definition) is 0. The quantitative estimate of drug-likeness (QED) is 0.518. The fourth-order valence-corrected chi connectivity index (χ4v) is 2.76. The van der Waals surface area contributed by atoms with Crippen LogP contribution in [0, 0.1) is 11.6 Å². The minimum absolute atomic E-state index is 0.212. The molecule has 2 aromatic rings. The molecule has 0 N–H and O–H groups in total. The third kappa shape index (κ3) is 5.30. The van der Waals surface area contributed by atoms with Crippen LogP contribution in [0.25, 0.3) is 6.08 Å². The molecule has 0 saturated carbocycles. The molecule has 0 saturated heterocycles. The zero-order chi connectivity index (χ0) is 17.4. The maximum atomic E-state index is 14.0. The first-order chi connectivity index (χ1) is 11.6. The molecule has 0 aliphatic rings. The fraction of sp³-hybridized carbons (Fsp3) is 0.364. The summed E-state index contributed by atoms with van der Waals surface area (Å²) in [6.07, 6.45) is 9.17. The normalized spacial score (nSPS) is 11.3. The van der Waals surface area contributed by atoms with Crippen LogP contribution in [0.2, 0.25) is 0 Å². The average molecular weight is 328 g/mol. The summed E-state index contributed by atoms with van der Waals surface area (Å²) >= 11 is 0. The highest BCUT2D eigenvalue weighted by Crippen LogP contribution is 2.19. The lowest BCUT2D eigenvalue weighted by molar-refractivity contribution is 0.549. The zero-order valence-electron chi connectivity index (χ0n) is 14.6. The molecule has 24 heavy (non-hydrogen) atoms. The van der Waals surface area contributed by atoms with Gasteiger partial charge in [0.05, 0.1) is 0 Å². The molecular formula is C22H26F2. The summed E-state index contributed by atoms with van der Waals surface area (Å²) in [5.74, 6) is -0.827. The van der Waals surface area contributed by atoms with Crippen LogP contribution >= 0.6 is 0 Å². The molecule has 0 spiro atoms. The standard InChI is InChI=1S/C22H26F2/c1-3-5-6-8-17-9-11-18(12-10-17)13-14-19-15-21(23)20(7-4-2)22(24)16-19/h6,8-12,15-16H,3-5,7,13-14H2,1-2H3/b8-6+. The first-order valence-electron chi connectivity index (χ1n) is 8.86. The topological polar surface area (TPSA) is 0 Å². The minimum Gasteiger partial charge on any atom is -0.207 e. The molecule has 2 rings (SSSR count). The molecule has 0 fully saturated rings. The summed E-state index contributed by atoms with van der Waals surface area (Å²) in [7, 11) is 0. The molecule has 0 aliphatic carbocycles.